The van der Waals surface area contributed by atoms with Crippen LogP contribution < -0.4 is 5.32 Å². The van der Waals surface area contributed by atoms with Gasteiger partial charge in [-0.3, -0.25) is 4.57 Å². The number of nitrogens with zero attached hydrogens (tertiary/aromatic N) is 4. The Bertz CT molecular complexity index is 613. The maximum atomic E-state index is 4.75. The van der Waals surface area contributed by atoms with E-state index in [1.807, 2.05) is 19.4 Å². The molecule has 21 heavy (non-hydrogen) atoms. The fraction of sp³-hybridized carbons (Fsp3) is 0.562. The normalized spacial score (nSPS) is 11.6. The molecule has 0 saturated heterocycles. The van der Waals surface area contributed by atoms with E-state index in [0.717, 1.165) is 35.1 Å². The van der Waals surface area contributed by atoms with Crippen molar-refractivity contribution in [2.45, 2.75) is 60.0 Å². The number of rotatable bonds is 5. The van der Waals surface area contributed by atoms with Crippen molar-refractivity contribution in [2.75, 3.05) is 0 Å². The summed E-state index contributed by atoms with van der Waals surface area (Å²) in [7, 11) is 0. The lowest BCUT2D eigenvalue weighted by atomic mass is 10.2. The van der Waals surface area contributed by atoms with Crippen molar-refractivity contribution in [1.29, 1.82) is 0 Å². The lowest BCUT2D eigenvalue weighted by Gasteiger charge is -2.15. The molecule has 2 heterocycles. The van der Waals surface area contributed by atoms with Crippen LogP contribution in [0.2, 0.25) is 0 Å². The lowest BCUT2D eigenvalue weighted by molar-refractivity contribution is 0.575. The van der Waals surface area contributed by atoms with Gasteiger partial charge in [0.15, 0.2) is 0 Å². The molecule has 2 aromatic rings. The Morgan fingerprint density at radius 3 is 2.38 bits per heavy atom. The van der Waals surface area contributed by atoms with Crippen LogP contribution >= 0.6 is 0 Å². The summed E-state index contributed by atoms with van der Waals surface area (Å²) in [4.78, 5) is 13.6. The molecule has 2 rings (SSSR count). The molecule has 0 amide bonds. The van der Waals surface area contributed by atoms with Crippen molar-refractivity contribution in [1.82, 2.24) is 24.8 Å². The number of nitrogens with one attached hydrogen (secondary N) is 1. The van der Waals surface area contributed by atoms with E-state index in [4.69, 9.17) is 4.98 Å². The van der Waals surface area contributed by atoms with Crippen molar-refractivity contribution in [3.63, 3.8) is 0 Å². The zero-order valence-electron chi connectivity index (χ0n) is 13.8. The van der Waals surface area contributed by atoms with E-state index in [1.54, 1.807) is 0 Å². The quantitative estimate of drug-likeness (QED) is 0.918. The molecule has 0 unspecified atom stereocenters. The van der Waals surface area contributed by atoms with Crippen LogP contribution in [0.5, 0.6) is 0 Å². The number of imidazole rings is 1. The highest BCUT2D eigenvalue weighted by atomic mass is 15.1. The molecule has 5 nitrogen and oxygen atoms in total. The second kappa shape index (κ2) is 6.35. The summed E-state index contributed by atoms with van der Waals surface area (Å²) in [5.41, 5.74) is 4.18. The summed E-state index contributed by atoms with van der Waals surface area (Å²) in [6, 6.07) is 0.418. The van der Waals surface area contributed by atoms with Crippen LogP contribution in [0.3, 0.4) is 0 Å². The molecule has 0 aliphatic carbocycles. The summed E-state index contributed by atoms with van der Waals surface area (Å²) in [6.07, 6.45) is 3.76. The number of aromatic nitrogens is 4. The maximum absolute atomic E-state index is 4.75. The third kappa shape index (κ3) is 3.47. The van der Waals surface area contributed by atoms with E-state index in [9.17, 15) is 0 Å². The van der Waals surface area contributed by atoms with Gasteiger partial charge in [0.05, 0.1) is 29.6 Å². The molecule has 0 aliphatic heterocycles. The minimum atomic E-state index is 0.322. The molecule has 5 heteroatoms. The standard InChI is InChI=1S/C16H25N5/c1-10(2)16-18-8-15(14(20-16)7-17-11(3)4)21-9-19-12(5)13(21)6/h8-11,17H,7H2,1-6H3. The van der Waals surface area contributed by atoms with Gasteiger partial charge in [-0.15, -0.1) is 0 Å². The minimum Gasteiger partial charge on any atom is -0.309 e. The van der Waals surface area contributed by atoms with Crippen molar-refractivity contribution in [2.24, 2.45) is 0 Å². The van der Waals surface area contributed by atoms with E-state index in [2.05, 4.69) is 54.5 Å². The lowest BCUT2D eigenvalue weighted by Crippen LogP contribution is -2.24. The van der Waals surface area contributed by atoms with Gasteiger partial charge in [0, 0.05) is 24.2 Å². The Morgan fingerprint density at radius 2 is 1.86 bits per heavy atom. The second-order valence-corrected chi connectivity index (χ2v) is 6.04. The van der Waals surface area contributed by atoms with Gasteiger partial charge in [0.25, 0.3) is 0 Å². The highest BCUT2D eigenvalue weighted by Crippen LogP contribution is 2.18. The topological polar surface area (TPSA) is 55.6 Å². The first kappa shape index (κ1) is 15.6. The Balaban J connectivity index is 2.46. The fourth-order valence-corrected chi connectivity index (χ4v) is 2.08. The Hall–Kier alpha value is -1.75. The molecular formula is C16H25N5. The van der Waals surface area contributed by atoms with Gasteiger partial charge >= 0.3 is 0 Å². The number of hydrogen-bond acceptors (Lipinski definition) is 4. The van der Waals surface area contributed by atoms with Crippen LogP contribution in [0.25, 0.3) is 5.69 Å². The van der Waals surface area contributed by atoms with Gasteiger partial charge in [-0.25, -0.2) is 15.0 Å². The smallest absolute Gasteiger partial charge is 0.131 e. The number of hydrogen-bond donors (Lipinski definition) is 1. The van der Waals surface area contributed by atoms with Crippen molar-refractivity contribution < 1.29 is 0 Å². The summed E-state index contributed by atoms with van der Waals surface area (Å²) in [5, 5.41) is 3.44. The van der Waals surface area contributed by atoms with Gasteiger partial charge in [0.1, 0.15) is 5.82 Å². The average molecular weight is 287 g/mol. The molecule has 0 radical (unpaired) electrons. The fourth-order valence-electron chi connectivity index (χ4n) is 2.08. The largest absolute Gasteiger partial charge is 0.309 e. The van der Waals surface area contributed by atoms with Crippen LogP contribution in [0.1, 0.15) is 56.5 Å². The predicted molar refractivity (Wildman–Crippen MR) is 84.7 cm³/mol. The molecule has 0 bridgehead atoms. The van der Waals surface area contributed by atoms with Crippen LogP contribution in [-0.2, 0) is 6.54 Å². The molecule has 0 spiro atoms. The van der Waals surface area contributed by atoms with Crippen LogP contribution in [0.15, 0.2) is 12.5 Å². The first-order valence-electron chi connectivity index (χ1n) is 7.50. The molecule has 0 aliphatic rings. The third-order valence-electron chi connectivity index (χ3n) is 3.57. The Morgan fingerprint density at radius 1 is 1.14 bits per heavy atom. The molecular weight excluding hydrogens is 262 g/mol. The van der Waals surface area contributed by atoms with Gasteiger partial charge < -0.3 is 5.32 Å². The zero-order valence-corrected chi connectivity index (χ0v) is 13.8. The van der Waals surface area contributed by atoms with Gasteiger partial charge in [-0.05, 0) is 13.8 Å². The molecule has 0 fully saturated rings. The Kier molecular flexibility index (Phi) is 4.73. The Labute approximate surface area is 126 Å². The van der Waals surface area contributed by atoms with E-state index in [0.29, 0.717) is 12.0 Å². The molecule has 0 aromatic carbocycles. The van der Waals surface area contributed by atoms with Crippen LogP contribution in [0, 0.1) is 13.8 Å². The van der Waals surface area contributed by atoms with Crippen LogP contribution in [-0.4, -0.2) is 25.6 Å². The summed E-state index contributed by atoms with van der Waals surface area (Å²) < 4.78 is 2.07. The first-order valence-corrected chi connectivity index (χ1v) is 7.50. The highest BCUT2D eigenvalue weighted by molar-refractivity contribution is 5.37. The molecule has 1 N–H and O–H groups in total. The average Bonchev–Trinajstić information content (AvgIpc) is 2.76. The van der Waals surface area contributed by atoms with Gasteiger partial charge in [0.2, 0.25) is 0 Å². The van der Waals surface area contributed by atoms with E-state index < -0.39 is 0 Å². The molecule has 114 valence electrons. The number of aryl methyl sites for hydroxylation is 1. The van der Waals surface area contributed by atoms with Crippen LogP contribution in [0.4, 0.5) is 0 Å². The van der Waals surface area contributed by atoms with Gasteiger partial charge in [-0.1, -0.05) is 27.7 Å². The predicted octanol–water partition coefficient (Wildman–Crippen LogP) is 2.90. The highest BCUT2D eigenvalue weighted by Gasteiger charge is 2.14. The molecule has 0 atom stereocenters. The monoisotopic (exact) mass is 287 g/mol. The maximum Gasteiger partial charge on any atom is 0.131 e. The second-order valence-electron chi connectivity index (χ2n) is 6.04. The van der Waals surface area contributed by atoms with E-state index in [-0.39, 0.29) is 0 Å². The molecule has 0 saturated carbocycles. The van der Waals surface area contributed by atoms with E-state index in [1.165, 1.54) is 0 Å². The summed E-state index contributed by atoms with van der Waals surface area (Å²) in [5.74, 6) is 1.20. The minimum absolute atomic E-state index is 0.322. The van der Waals surface area contributed by atoms with Crippen molar-refractivity contribution in [3.8, 4) is 5.69 Å². The van der Waals surface area contributed by atoms with Crippen molar-refractivity contribution in [3.05, 3.63) is 35.4 Å². The zero-order chi connectivity index (χ0) is 15.6. The SMILES string of the molecule is Cc1ncn(-c2cnc(C(C)C)nc2CNC(C)C)c1C. The van der Waals surface area contributed by atoms with E-state index >= 15 is 0 Å². The van der Waals surface area contributed by atoms with Crippen molar-refractivity contribution >= 4 is 0 Å². The summed E-state index contributed by atoms with van der Waals surface area (Å²) >= 11 is 0. The van der Waals surface area contributed by atoms with Gasteiger partial charge in [-0.2, -0.15) is 0 Å². The third-order valence-corrected chi connectivity index (χ3v) is 3.57. The first-order chi connectivity index (χ1) is 9.90. The molecule has 2 aromatic heterocycles. The summed E-state index contributed by atoms with van der Waals surface area (Å²) in [6.45, 7) is 13.3.